The Morgan fingerprint density at radius 1 is 1.42 bits per heavy atom. The van der Waals surface area contributed by atoms with Crippen molar-refractivity contribution in [2.75, 3.05) is 13.1 Å². The molecule has 1 saturated heterocycles. The van der Waals surface area contributed by atoms with E-state index in [0.29, 0.717) is 24.6 Å². The van der Waals surface area contributed by atoms with Crippen molar-refractivity contribution in [2.45, 2.75) is 58.2 Å². The maximum Gasteiger partial charge on any atom is 0.318 e. The van der Waals surface area contributed by atoms with Crippen molar-refractivity contribution in [3.63, 3.8) is 0 Å². The molecule has 0 spiro atoms. The molecule has 3 heterocycles. The van der Waals surface area contributed by atoms with Gasteiger partial charge in [-0.25, -0.2) is 19.2 Å². The largest absolute Gasteiger partial charge is 0.330 e. The quantitative estimate of drug-likeness (QED) is 0.729. The van der Waals surface area contributed by atoms with E-state index >= 15 is 0 Å². The van der Waals surface area contributed by atoms with Gasteiger partial charge in [0.25, 0.3) is 0 Å². The van der Waals surface area contributed by atoms with Gasteiger partial charge in [-0.15, -0.1) is 0 Å². The molecule has 0 aliphatic carbocycles. The van der Waals surface area contributed by atoms with E-state index in [-0.39, 0.29) is 23.1 Å². The Kier molecular flexibility index (Phi) is 6.72. The Hall–Kier alpha value is -2.25. The van der Waals surface area contributed by atoms with Crippen molar-refractivity contribution in [3.05, 3.63) is 57.9 Å². The van der Waals surface area contributed by atoms with Crippen LogP contribution in [0.25, 0.3) is 0 Å². The van der Waals surface area contributed by atoms with Crippen LogP contribution in [0.5, 0.6) is 0 Å². The lowest BCUT2D eigenvalue weighted by Gasteiger charge is -2.32. The number of nitrogens with one attached hydrogen (secondary N) is 2. The minimum absolute atomic E-state index is 0.0570. The van der Waals surface area contributed by atoms with E-state index in [4.69, 9.17) is 16.6 Å². The maximum absolute atomic E-state index is 14.1. The second kappa shape index (κ2) is 9.49. The van der Waals surface area contributed by atoms with Crippen LogP contribution < -0.4 is 10.6 Å². The zero-order chi connectivity index (χ0) is 22.0. The molecular formula is C23H29ClFN5O. The third-order valence-electron chi connectivity index (χ3n) is 5.96. The Bertz CT molecular complexity index is 948. The smallest absolute Gasteiger partial charge is 0.318 e. The molecular weight excluding hydrogens is 417 g/mol. The van der Waals surface area contributed by atoms with E-state index in [9.17, 15) is 9.18 Å². The van der Waals surface area contributed by atoms with Crippen LogP contribution >= 0.6 is 11.6 Å². The SMILES string of the molecule is CC(C)Cc1ncc2c(n1)CN(C(=O)N[C@@H](c1ccc(Cl)c(F)c1)[C@@H]1CCCN1)CC2. The summed E-state index contributed by atoms with van der Waals surface area (Å²) in [6.07, 6.45) is 5.39. The van der Waals surface area contributed by atoms with Crippen LogP contribution in [-0.2, 0) is 19.4 Å². The average molecular weight is 446 g/mol. The number of hydrogen-bond donors (Lipinski definition) is 2. The molecule has 0 bridgehead atoms. The molecule has 8 heteroatoms. The van der Waals surface area contributed by atoms with Crippen molar-refractivity contribution in [1.29, 1.82) is 0 Å². The number of halogens is 2. The Balaban J connectivity index is 1.50. The highest BCUT2D eigenvalue weighted by atomic mass is 35.5. The minimum Gasteiger partial charge on any atom is -0.330 e. The van der Waals surface area contributed by atoms with Crippen LogP contribution in [0.1, 0.15) is 55.4 Å². The summed E-state index contributed by atoms with van der Waals surface area (Å²) in [7, 11) is 0. The fourth-order valence-electron chi connectivity index (χ4n) is 4.32. The molecule has 4 rings (SSSR count). The number of nitrogens with zero attached hydrogens (tertiary/aromatic N) is 3. The van der Waals surface area contributed by atoms with E-state index in [1.165, 1.54) is 6.07 Å². The Labute approximate surface area is 187 Å². The minimum atomic E-state index is -0.474. The lowest BCUT2D eigenvalue weighted by Crippen LogP contribution is -2.48. The van der Waals surface area contributed by atoms with Crippen molar-refractivity contribution in [3.8, 4) is 0 Å². The maximum atomic E-state index is 14.1. The average Bonchev–Trinajstić information content (AvgIpc) is 3.27. The van der Waals surface area contributed by atoms with E-state index in [1.807, 2.05) is 6.20 Å². The Morgan fingerprint density at radius 2 is 2.26 bits per heavy atom. The van der Waals surface area contributed by atoms with Gasteiger partial charge in [-0.1, -0.05) is 31.5 Å². The van der Waals surface area contributed by atoms with Gasteiger partial charge in [0.05, 0.1) is 23.3 Å². The molecule has 2 aliphatic rings. The number of carbonyl (C=O) groups is 1. The highest BCUT2D eigenvalue weighted by molar-refractivity contribution is 6.30. The molecule has 2 aromatic rings. The van der Waals surface area contributed by atoms with E-state index in [1.54, 1.807) is 17.0 Å². The number of rotatable bonds is 5. The zero-order valence-electron chi connectivity index (χ0n) is 18.0. The summed E-state index contributed by atoms with van der Waals surface area (Å²) in [5, 5.41) is 6.65. The molecule has 1 aromatic heterocycles. The van der Waals surface area contributed by atoms with Gasteiger partial charge in [0.15, 0.2) is 0 Å². The first kappa shape index (κ1) is 22.0. The zero-order valence-corrected chi connectivity index (χ0v) is 18.8. The summed E-state index contributed by atoms with van der Waals surface area (Å²) in [6, 6.07) is 4.32. The van der Waals surface area contributed by atoms with Gasteiger partial charge >= 0.3 is 6.03 Å². The predicted octanol–water partition coefficient (Wildman–Crippen LogP) is 4.03. The van der Waals surface area contributed by atoms with Crippen LogP contribution in [-0.4, -0.2) is 40.0 Å². The lowest BCUT2D eigenvalue weighted by atomic mass is 9.98. The number of amides is 2. The lowest BCUT2D eigenvalue weighted by molar-refractivity contribution is 0.184. The van der Waals surface area contributed by atoms with Crippen molar-refractivity contribution < 1.29 is 9.18 Å². The first-order valence-corrected chi connectivity index (χ1v) is 11.4. The molecule has 31 heavy (non-hydrogen) atoms. The summed E-state index contributed by atoms with van der Waals surface area (Å²) in [5.74, 6) is 0.818. The number of hydrogen-bond acceptors (Lipinski definition) is 4. The van der Waals surface area contributed by atoms with E-state index in [0.717, 1.165) is 49.3 Å². The molecule has 1 aromatic carbocycles. The molecule has 0 radical (unpaired) electrons. The molecule has 2 N–H and O–H groups in total. The van der Waals surface area contributed by atoms with Crippen LogP contribution in [0.3, 0.4) is 0 Å². The summed E-state index contributed by atoms with van der Waals surface area (Å²) in [4.78, 5) is 24.2. The molecule has 166 valence electrons. The number of urea groups is 1. The van der Waals surface area contributed by atoms with Crippen molar-refractivity contribution in [2.24, 2.45) is 5.92 Å². The summed E-state index contributed by atoms with van der Waals surface area (Å²) in [6.45, 7) is 6.22. The third-order valence-corrected chi connectivity index (χ3v) is 6.26. The van der Waals surface area contributed by atoms with Crippen molar-refractivity contribution >= 4 is 17.6 Å². The Morgan fingerprint density at radius 3 is 2.97 bits per heavy atom. The van der Waals surface area contributed by atoms with Crippen LogP contribution in [0, 0.1) is 11.7 Å². The molecule has 0 unspecified atom stereocenters. The monoisotopic (exact) mass is 445 g/mol. The summed E-state index contributed by atoms with van der Waals surface area (Å²) in [5.41, 5.74) is 2.74. The second-order valence-electron chi connectivity index (χ2n) is 8.83. The fourth-order valence-corrected chi connectivity index (χ4v) is 4.44. The molecule has 2 aliphatic heterocycles. The van der Waals surface area contributed by atoms with E-state index in [2.05, 4.69) is 29.5 Å². The van der Waals surface area contributed by atoms with Gasteiger partial charge in [0, 0.05) is 25.2 Å². The first-order chi connectivity index (χ1) is 14.9. The van der Waals surface area contributed by atoms with Crippen LogP contribution in [0.2, 0.25) is 5.02 Å². The number of benzene rings is 1. The normalized spacial score (nSPS) is 19.4. The fraction of sp³-hybridized carbons (Fsp3) is 0.522. The first-order valence-electron chi connectivity index (χ1n) is 11.0. The highest BCUT2D eigenvalue weighted by Gasteiger charge is 2.31. The molecule has 2 amide bonds. The third kappa shape index (κ3) is 5.15. The molecule has 2 atom stereocenters. The molecule has 0 saturated carbocycles. The van der Waals surface area contributed by atoms with Gasteiger partial charge in [-0.2, -0.15) is 0 Å². The van der Waals surface area contributed by atoms with Crippen molar-refractivity contribution in [1.82, 2.24) is 25.5 Å². The highest BCUT2D eigenvalue weighted by Crippen LogP contribution is 2.27. The summed E-state index contributed by atoms with van der Waals surface area (Å²) >= 11 is 5.87. The second-order valence-corrected chi connectivity index (χ2v) is 9.24. The standard InChI is InChI=1S/C23H29ClFN5O/c1-14(2)10-21-27-12-16-7-9-30(13-20(16)28-21)23(31)29-22(19-4-3-8-26-19)15-5-6-17(24)18(25)11-15/h5-6,11-12,14,19,22,26H,3-4,7-10,13H2,1-2H3,(H,29,31)/t19-,22-/m0/s1. The van der Waals surface area contributed by atoms with Crippen LogP contribution in [0.15, 0.2) is 24.4 Å². The van der Waals surface area contributed by atoms with Gasteiger partial charge < -0.3 is 15.5 Å². The topological polar surface area (TPSA) is 70.2 Å². The van der Waals surface area contributed by atoms with Gasteiger partial charge in [0.1, 0.15) is 11.6 Å². The summed E-state index contributed by atoms with van der Waals surface area (Å²) < 4.78 is 14.1. The number of fused-ring (bicyclic) bond motifs is 1. The van der Waals surface area contributed by atoms with Crippen LogP contribution in [0.4, 0.5) is 9.18 Å². The predicted molar refractivity (Wildman–Crippen MR) is 118 cm³/mol. The van der Waals surface area contributed by atoms with Gasteiger partial charge in [0.2, 0.25) is 0 Å². The van der Waals surface area contributed by atoms with E-state index < -0.39 is 5.82 Å². The number of aromatic nitrogens is 2. The molecule has 1 fully saturated rings. The molecule has 6 nitrogen and oxygen atoms in total. The van der Waals surface area contributed by atoms with Gasteiger partial charge in [-0.3, -0.25) is 0 Å². The van der Waals surface area contributed by atoms with Gasteiger partial charge in [-0.05, 0) is 55.0 Å². The number of carbonyl (C=O) groups excluding carboxylic acids is 1.